The first-order valence-corrected chi connectivity index (χ1v) is 23.1. The van der Waals surface area contributed by atoms with Crippen LogP contribution in [0.2, 0.25) is 0 Å². The molecule has 332 valence electrons. The lowest BCUT2D eigenvalue weighted by Gasteiger charge is -2.39. The predicted molar refractivity (Wildman–Crippen MR) is 238 cm³/mol. The van der Waals surface area contributed by atoms with E-state index in [1.807, 2.05) is 57.8 Å². The molecule has 1 aliphatic carbocycles. The molecule has 5 aromatic rings. The third-order valence-corrected chi connectivity index (χ3v) is 13.7. The van der Waals surface area contributed by atoms with Gasteiger partial charge in [-0.15, -0.1) is 11.3 Å². The molecule has 2 saturated heterocycles. The molecule has 0 bridgehead atoms. The fourth-order valence-corrected chi connectivity index (χ4v) is 9.84. The lowest BCUT2D eigenvalue weighted by molar-refractivity contribution is -0.140. The molecular formula is C46H60N8O7S. The highest BCUT2D eigenvalue weighted by Gasteiger charge is 2.36. The van der Waals surface area contributed by atoms with Crippen LogP contribution < -0.4 is 20.1 Å². The van der Waals surface area contributed by atoms with Gasteiger partial charge in [-0.2, -0.15) is 0 Å². The average Bonchev–Trinajstić information content (AvgIpc) is 4.05. The van der Waals surface area contributed by atoms with E-state index in [9.17, 15) is 14.4 Å². The fourth-order valence-electron chi connectivity index (χ4n) is 9.03. The maximum atomic E-state index is 13.8. The van der Waals surface area contributed by atoms with E-state index in [1.54, 1.807) is 25.3 Å². The predicted octanol–water partition coefficient (Wildman–Crippen LogP) is 5.64. The number of benzene rings is 1. The van der Waals surface area contributed by atoms with Gasteiger partial charge in [-0.3, -0.25) is 24.3 Å². The number of amides is 3. The molecule has 15 nitrogen and oxygen atoms in total. The molecule has 2 aliphatic heterocycles. The Labute approximate surface area is 367 Å². The number of carbonyl (C=O) groups is 3. The van der Waals surface area contributed by atoms with Crippen LogP contribution in [-0.2, 0) is 27.4 Å². The number of rotatable bonds is 17. The Hall–Kier alpha value is -5.03. The Bertz CT molecular complexity index is 2290. The zero-order chi connectivity index (χ0) is 43.0. The molecule has 16 heteroatoms. The average molecular weight is 869 g/mol. The number of pyridine rings is 1. The summed E-state index contributed by atoms with van der Waals surface area (Å²) in [5.41, 5.74) is 3.73. The molecule has 1 unspecified atom stereocenters. The Morgan fingerprint density at radius 2 is 1.71 bits per heavy atom. The van der Waals surface area contributed by atoms with Crippen molar-refractivity contribution in [3.05, 3.63) is 71.1 Å². The van der Waals surface area contributed by atoms with E-state index in [2.05, 4.69) is 43.2 Å². The minimum Gasteiger partial charge on any atom is -0.489 e. The van der Waals surface area contributed by atoms with E-state index < -0.39 is 6.04 Å². The topological polar surface area (TPSA) is 157 Å². The first kappa shape index (κ1) is 43.6. The largest absolute Gasteiger partial charge is 0.489 e. The van der Waals surface area contributed by atoms with Crippen molar-refractivity contribution < 1.29 is 33.1 Å². The van der Waals surface area contributed by atoms with Gasteiger partial charge in [0.05, 0.1) is 36.0 Å². The summed E-state index contributed by atoms with van der Waals surface area (Å²) in [4.78, 5) is 50.8. The number of likely N-dealkylation sites (N-methyl/N-ethyl adjacent to an activating group) is 1. The quantitative estimate of drug-likeness (QED) is 0.112. The molecule has 8 rings (SSSR count). The number of nitrogens with zero attached hydrogens (tertiary/aromatic N) is 6. The summed E-state index contributed by atoms with van der Waals surface area (Å²) >= 11 is 1.66. The van der Waals surface area contributed by atoms with Crippen LogP contribution in [0.4, 0.5) is 0 Å². The summed E-state index contributed by atoms with van der Waals surface area (Å²) in [7, 11) is 1.74. The van der Waals surface area contributed by atoms with E-state index in [0.717, 1.165) is 89.9 Å². The Balaban J connectivity index is 0.746. The third-order valence-electron chi connectivity index (χ3n) is 12.7. The second kappa shape index (κ2) is 20.4. The van der Waals surface area contributed by atoms with Crippen molar-refractivity contribution in [2.24, 2.45) is 5.92 Å². The zero-order valence-corrected chi connectivity index (χ0v) is 37.0. The van der Waals surface area contributed by atoms with Gasteiger partial charge in [0.2, 0.25) is 11.8 Å². The van der Waals surface area contributed by atoms with Gasteiger partial charge in [-0.25, -0.2) is 0 Å². The van der Waals surface area contributed by atoms with Gasteiger partial charge in [0.1, 0.15) is 24.5 Å². The lowest BCUT2D eigenvalue weighted by atomic mass is 9.83. The van der Waals surface area contributed by atoms with Crippen molar-refractivity contribution in [3.63, 3.8) is 0 Å². The summed E-state index contributed by atoms with van der Waals surface area (Å²) < 4.78 is 27.0. The summed E-state index contributed by atoms with van der Waals surface area (Å²) in [6, 6.07) is 12.9. The van der Waals surface area contributed by atoms with Crippen molar-refractivity contribution in [2.75, 3.05) is 66.1 Å². The van der Waals surface area contributed by atoms with Gasteiger partial charge in [0, 0.05) is 80.2 Å². The van der Waals surface area contributed by atoms with Crippen LogP contribution >= 0.6 is 11.3 Å². The summed E-state index contributed by atoms with van der Waals surface area (Å²) in [5.74, 6) is 2.04. The number of piperidine rings is 1. The van der Waals surface area contributed by atoms with Gasteiger partial charge in [0.15, 0.2) is 5.76 Å². The van der Waals surface area contributed by atoms with Gasteiger partial charge >= 0.3 is 0 Å². The third kappa shape index (κ3) is 10.4. The molecule has 1 aromatic carbocycles. The SMILES string of the molecule is CN[C@@H](C)C(=O)NC(C(=O)N1CCN(C(=O)c2ccc3c(c2)cc(C)n3CCOCCOc2cc(CN3CCC(Oc4ccnc5ccsc45)CC3)on2)CC1)C1CCCCC1. The molecule has 4 aromatic heterocycles. The van der Waals surface area contributed by atoms with Gasteiger partial charge < -0.3 is 43.7 Å². The summed E-state index contributed by atoms with van der Waals surface area (Å²) in [5, 5.41) is 13.2. The number of fused-ring (bicyclic) bond motifs is 2. The standard InChI is InChI=1S/C46H60N8O7S/c1-31-27-35-28-34(45(56)52-18-20-53(21-19-52)46(57)42(33-7-5-4-6-8-33)49-44(55)32(2)47-3)9-10-39(35)54(31)22-23-58-24-25-59-41-29-37(61-50-41)30-51-16-12-36(13-17-51)60-40-11-15-48-38-14-26-62-43(38)40/h9-11,14-15,26-29,32-33,36,42,47H,4-8,12-13,16-25,30H2,1-3H3,(H,49,55)/t32-,42?/m0/s1. The Kier molecular flexibility index (Phi) is 14.4. The van der Waals surface area contributed by atoms with Crippen molar-refractivity contribution >= 4 is 50.2 Å². The highest BCUT2D eigenvalue weighted by atomic mass is 32.1. The number of hydrogen-bond acceptors (Lipinski definition) is 12. The molecular weight excluding hydrogens is 809 g/mol. The highest BCUT2D eigenvalue weighted by molar-refractivity contribution is 7.17. The molecule has 1 saturated carbocycles. The van der Waals surface area contributed by atoms with Crippen molar-refractivity contribution in [2.45, 2.75) is 90.1 Å². The number of piperazine rings is 1. The Morgan fingerprint density at radius 1 is 0.919 bits per heavy atom. The monoisotopic (exact) mass is 868 g/mol. The minimum atomic E-state index is -0.536. The van der Waals surface area contributed by atoms with E-state index in [1.165, 1.54) is 6.42 Å². The van der Waals surface area contributed by atoms with Gasteiger partial charge in [-0.1, -0.05) is 19.3 Å². The van der Waals surface area contributed by atoms with E-state index in [-0.39, 0.29) is 35.8 Å². The maximum absolute atomic E-state index is 13.8. The molecule has 3 aliphatic rings. The molecule has 62 heavy (non-hydrogen) atoms. The fraction of sp³-hybridized carbons (Fsp3) is 0.543. The minimum absolute atomic E-state index is 0.0358. The molecule has 2 atom stereocenters. The number of aromatic nitrogens is 3. The van der Waals surface area contributed by atoms with Crippen LogP contribution in [0.3, 0.4) is 0 Å². The number of aryl methyl sites for hydroxylation is 1. The number of nitrogens with one attached hydrogen (secondary N) is 2. The van der Waals surface area contributed by atoms with E-state index in [4.69, 9.17) is 18.7 Å². The molecule has 2 N–H and O–H groups in total. The van der Waals surface area contributed by atoms with E-state index in [0.29, 0.717) is 70.5 Å². The second-order valence-electron chi connectivity index (χ2n) is 16.9. The van der Waals surface area contributed by atoms with Gasteiger partial charge in [-0.05, 0) is 99.4 Å². The zero-order valence-electron chi connectivity index (χ0n) is 36.2. The van der Waals surface area contributed by atoms with Crippen LogP contribution in [0.1, 0.15) is 73.7 Å². The van der Waals surface area contributed by atoms with Crippen LogP contribution in [0.15, 0.2) is 58.6 Å². The van der Waals surface area contributed by atoms with Crippen LogP contribution in [0.25, 0.3) is 21.1 Å². The van der Waals surface area contributed by atoms with Crippen molar-refractivity contribution in [1.82, 2.24) is 40.0 Å². The van der Waals surface area contributed by atoms with Crippen LogP contribution in [0.5, 0.6) is 11.6 Å². The van der Waals surface area contributed by atoms with Crippen molar-refractivity contribution in [1.29, 1.82) is 0 Å². The smallest absolute Gasteiger partial charge is 0.254 e. The maximum Gasteiger partial charge on any atom is 0.254 e. The van der Waals surface area contributed by atoms with E-state index >= 15 is 0 Å². The molecule has 3 fully saturated rings. The molecule has 3 amide bonds. The summed E-state index contributed by atoms with van der Waals surface area (Å²) in [6.07, 6.45) is 9.06. The van der Waals surface area contributed by atoms with Crippen LogP contribution in [-0.4, -0.2) is 131 Å². The van der Waals surface area contributed by atoms with Gasteiger partial charge in [0.25, 0.3) is 11.8 Å². The Morgan fingerprint density at radius 3 is 2.50 bits per heavy atom. The van der Waals surface area contributed by atoms with Crippen LogP contribution in [0, 0.1) is 12.8 Å². The number of hydrogen-bond donors (Lipinski definition) is 2. The first-order valence-electron chi connectivity index (χ1n) is 22.3. The number of thiophene rings is 1. The lowest BCUT2D eigenvalue weighted by Crippen LogP contribution is -2.59. The normalized spacial score (nSPS) is 18.0. The number of likely N-dealkylation sites (tertiary alicyclic amines) is 1. The number of ether oxygens (including phenoxy) is 3. The second-order valence-corrected chi connectivity index (χ2v) is 17.8. The van der Waals surface area contributed by atoms with Crippen molar-refractivity contribution in [3.8, 4) is 11.6 Å². The first-order chi connectivity index (χ1) is 30.2. The molecule has 0 spiro atoms. The highest BCUT2D eigenvalue weighted by Crippen LogP contribution is 2.32. The number of carbonyl (C=O) groups excluding carboxylic acids is 3. The molecule has 0 radical (unpaired) electrons. The summed E-state index contributed by atoms with van der Waals surface area (Å²) in [6.45, 7) is 10.1. The molecule has 6 heterocycles.